The van der Waals surface area contributed by atoms with Crippen molar-refractivity contribution in [2.24, 2.45) is 5.73 Å². The van der Waals surface area contributed by atoms with Crippen molar-refractivity contribution < 1.29 is 24.2 Å². The van der Waals surface area contributed by atoms with Crippen molar-refractivity contribution in [3.05, 3.63) is 68.3 Å². The van der Waals surface area contributed by atoms with E-state index in [1.165, 1.54) is 43.5 Å². The molecule has 2 atom stereocenters. The van der Waals surface area contributed by atoms with Crippen molar-refractivity contribution in [3.8, 4) is 0 Å². The Morgan fingerprint density at radius 1 is 1.16 bits per heavy atom. The van der Waals surface area contributed by atoms with Gasteiger partial charge in [0.2, 0.25) is 0 Å². The number of amides is 1. The highest BCUT2D eigenvalue weighted by molar-refractivity contribution is 5.83. The van der Waals surface area contributed by atoms with Crippen molar-refractivity contribution in [3.63, 3.8) is 0 Å². The SMILES string of the molecule is C/C=C(N)\C=C/COC(=O)N1CCC(N2CCCCC2)CC1.CC/C(C)=C1\Cn2c(cc3c(c2=O)COC(=O)C3(O)CC)C1C. The molecule has 1 amide bonds. The Hall–Kier alpha value is -3.37. The maximum atomic E-state index is 12.9. The summed E-state index contributed by atoms with van der Waals surface area (Å²) in [5, 5.41) is 10.7. The second-order valence-electron chi connectivity index (χ2n) is 12.6. The number of hydrogen-bond acceptors (Lipinski definition) is 8. The van der Waals surface area contributed by atoms with E-state index in [0.717, 1.165) is 38.0 Å². The molecule has 10 nitrogen and oxygen atoms in total. The number of allylic oxidation sites excluding steroid dienone is 4. The summed E-state index contributed by atoms with van der Waals surface area (Å²) in [4.78, 5) is 41.3. The lowest BCUT2D eigenvalue weighted by atomic mass is 9.85. The van der Waals surface area contributed by atoms with Crippen LogP contribution in [0.5, 0.6) is 0 Å². The average molecular weight is 625 g/mol. The number of nitrogens with zero attached hydrogens (tertiary/aromatic N) is 3. The fourth-order valence-electron chi connectivity index (χ4n) is 6.85. The third-order valence-corrected chi connectivity index (χ3v) is 10.0. The molecule has 3 N–H and O–H groups in total. The molecule has 10 heteroatoms. The zero-order valence-corrected chi connectivity index (χ0v) is 27.8. The maximum Gasteiger partial charge on any atom is 0.410 e. The molecule has 5 heterocycles. The van der Waals surface area contributed by atoms with E-state index < -0.39 is 11.6 Å². The number of aliphatic hydroxyl groups is 1. The van der Waals surface area contributed by atoms with E-state index in [9.17, 15) is 19.5 Å². The van der Waals surface area contributed by atoms with Crippen molar-refractivity contribution in [2.75, 3.05) is 32.8 Å². The molecule has 0 spiro atoms. The smallest absolute Gasteiger partial charge is 0.410 e. The molecule has 45 heavy (non-hydrogen) atoms. The predicted molar refractivity (Wildman–Crippen MR) is 175 cm³/mol. The Labute approximate surface area is 267 Å². The van der Waals surface area contributed by atoms with Crippen LogP contribution < -0.4 is 11.3 Å². The topological polar surface area (TPSA) is 127 Å². The summed E-state index contributed by atoms with van der Waals surface area (Å²) < 4.78 is 12.1. The number of cyclic esters (lactones) is 1. The van der Waals surface area contributed by atoms with Gasteiger partial charge in [0.15, 0.2) is 5.60 Å². The number of carbonyl (C=O) groups is 2. The van der Waals surface area contributed by atoms with Gasteiger partial charge in [0.25, 0.3) is 5.56 Å². The van der Waals surface area contributed by atoms with Gasteiger partial charge in [-0.25, -0.2) is 9.59 Å². The van der Waals surface area contributed by atoms with Gasteiger partial charge < -0.3 is 34.7 Å². The minimum Gasteiger partial charge on any atom is -0.458 e. The third-order valence-electron chi connectivity index (χ3n) is 10.0. The monoisotopic (exact) mass is 624 g/mol. The number of fused-ring (bicyclic) bond motifs is 2. The summed E-state index contributed by atoms with van der Waals surface area (Å²) in [6.45, 7) is 14.7. The lowest BCUT2D eigenvalue weighted by molar-refractivity contribution is -0.172. The summed E-state index contributed by atoms with van der Waals surface area (Å²) in [7, 11) is 0. The molecular weight excluding hydrogens is 572 g/mol. The standard InChI is InChI=1S/C18H23NO4.C17H29N3O2/c1-5-10(3)12-8-19-15(11(12)4)7-14-13(16(19)20)9-23-17(21)18(14,22)6-2;1-2-15(18)7-6-14-22-17(21)20-12-8-16(9-13-20)19-10-4-3-5-11-19/h7,11,22H,5-6,8-9H2,1-4H3;2,6-7,16H,3-5,8-14,18H2,1H3/b12-10+;7-6-,15-2+. The third kappa shape index (κ3) is 7.55. The van der Waals surface area contributed by atoms with Gasteiger partial charge in [-0.3, -0.25) is 4.79 Å². The van der Waals surface area contributed by atoms with Crippen LogP contribution in [0, 0.1) is 0 Å². The number of aromatic nitrogens is 1. The number of hydrogen-bond donors (Lipinski definition) is 2. The summed E-state index contributed by atoms with van der Waals surface area (Å²) in [6, 6.07) is 2.49. The average Bonchev–Trinajstić information content (AvgIpc) is 3.41. The molecule has 2 fully saturated rings. The normalized spacial score (nSPS) is 25.3. The molecular formula is C35H52N4O6. The molecule has 0 radical (unpaired) electrons. The molecule has 0 aromatic carbocycles. The molecule has 2 saturated heterocycles. The van der Waals surface area contributed by atoms with E-state index in [-0.39, 0.29) is 37.2 Å². The maximum absolute atomic E-state index is 12.9. The van der Waals surface area contributed by atoms with E-state index in [2.05, 4.69) is 25.7 Å². The number of esters is 1. The largest absolute Gasteiger partial charge is 0.458 e. The van der Waals surface area contributed by atoms with Crippen LogP contribution in [-0.4, -0.2) is 70.4 Å². The fraction of sp³-hybridized carbons (Fsp3) is 0.629. The molecule has 0 bridgehead atoms. The van der Waals surface area contributed by atoms with E-state index in [1.54, 1.807) is 23.6 Å². The van der Waals surface area contributed by atoms with Crippen LogP contribution in [0.1, 0.15) is 102 Å². The lowest BCUT2D eigenvalue weighted by Crippen LogP contribution is -2.48. The Morgan fingerprint density at radius 3 is 2.47 bits per heavy atom. The molecule has 0 saturated carbocycles. The van der Waals surface area contributed by atoms with Crippen LogP contribution in [0.4, 0.5) is 4.79 Å². The van der Waals surface area contributed by atoms with Crippen molar-refractivity contribution >= 4 is 12.1 Å². The van der Waals surface area contributed by atoms with E-state index in [1.807, 2.05) is 24.0 Å². The number of ether oxygens (including phenoxy) is 2. The first kappa shape index (κ1) is 34.5. The van der Waals surface area contributed by atoms with Crippen LogP contribution in [-0.2, 0) is 33.0 Å². The number of pyridine rings is 1. The molecule has 1 aromatic heterocycles. The molecule has 248 valence electrons. The van der Waals surface area contributed by atoms with Gasteiger partial charge in [-0.15, -0.1) is 0 Å². The molecule has 0 aliphatic carbocycles. The van der Waals surface area contributed by atoms with Crippen LogP contribution in [0.25, 0.3) is 0 Å². The zero-order chi connectivity index (χ0) is 32.7. The molecule has 5 rings (SSSR count). The minimum atomic E-state index is -1.71. The molecule has 4 aliphatic heterocycles. The second kappa shape index (κ2) is 15.3. The van der Waals surface area contributed by atoms with E-state index in [0.29, 0.717) is 29.4 Å². The highest BCUT2D eigenvalue weighted by Gasteiger charge is 2.45. The lowest BCUT2D eigenvalue weighted by Gasteiger charge is -2.39. The Bertz CT molecular complexity index is 1380. The van der Waals surface area contributed by atoms with E-state index in [4.69, 9.17) is 15.2 Å². The van der Waals surface area contributed by atoms with E-state index >= 15 is 0 Å². The molecule has 4 aliphatic rings. The molecule has 1 aromatic rings. The summed E-state index contributed by atoms with van der Waals surface area (Å²) in [6.07, 6.45) is 12.4. The predicted octanol–water partition coefficient (Wildman–Crippen LogP) is 4.84. The first-order valence-corrected chi connectivity index (χ1v) is 16.6. The minimum absolute atomic E-state index is 0.0597. The van der Waals surface area contributed by atoms with Crippen LogP contribution in [0.3, 0.4) is 0 Å². The Balaban J connectivity index is 0.000000205. The van der Waals surface area contributed by atoms with Crippen LogP contribution in [0.15, 0.2) is 45.9 Å². The van der Waals surface area contributed by atoms with Gasteiger partial charge in [0.05, 0.1) is 5.56 Å². The van der Waals surface area contributed by atoms with Crippen molar-refractivity contribution in [2.45, 2.75) is 110 Å². The van der Waals surface area contributed by atoms with Crippen LogP contribution in [0.2, 0.25) is 0 Å². The van der Waals surface area contributed by atoms with Crippen molar-refractivity contribution in [1.82, 2.24) is 14.4 Å². The number of carbonyl (C=O) groups excluding carboxylic acids is 2. The number of likely N-dealkylation sites (tertiary alicyclic amines) is 2. The number of piperidine rings is 2. The van der Waals surface area contributed by atoms with Gasteiger partial charge in [-0.1, -0.05) is 38.8 Å². The van der Waals surface area contributed by atoms with Gasteiger partial charge in [-0.2, -0.15) is 0 Å². The number of rotatable bonds is 6. The quantitative estimate of drug-likeness (QED) is 0.262. The van der Waals surface area contributed by atoms with Gasteiger partial charge >= 0.3 is 12.1 Å². The van der Waals surface area contributed by atoms with Crippen LogP contribution >= 0.6 is 0 Å². The summed E-state index contributed by atoms with van der Waals surface area (Å²) in [5.74, 6) is -0.546. The highest BCUT2D eigenvalue weighted by Crippen LogP contribution is 2.39. The number of nitrogens with two attached hydrogens (primary N) is 1. The highest BCUT2D eigenvalue weighted by atomic mass is 16.6. The zero-order valence-electron chi connectivity index (χ0n) is 27.8. The fourth-order valence-corrected chi connectivity index (χ4v) is 6.85. The summed E-state index contributed by atoms with van der Waals surface area (Å²) in [5.41, 5.74) is 8.69. The Morgan fingerprint density at radius 2 is 1.84 bits per heavy atom. The summed E-state index contributed by atoms with van der Waals surface area (Å²) >= 11 is 0. The van der Waals surface area contributed by atoms with Gasteiger partial charge in [-0.05, 0) is 89.3 Å². The Kier molecular flexibility index (Phi) is 11.7. The first-order valence-electron chi connectivity index (χ1n) is 16.6. The molecule has 2 unspecified atom stereocenters. The second-order valence-corrected chi connectivity index (χ2v) is 12.6. The van der Waals surface area contributed by atoms with Gasteiger partial charge in [0.1, 0.15) is 13.2 Å². The van der Waals surface area contributed by atoms with Crippen molar-refractivity contribution in [1.29, 1.82) is 0 Å². The first-order chi connectivity index (χ1) is 21.5. The van der Waals surface area contributed by atoms with Gasteiger partial charge in [0, 0.05) is 48.5 Å².